The van der Waals surface area contributed by atoms with Crippen LogP contribution >= 0.6 is 0 Å². The van der Waals surface area contributed by atoms with Crippen LogP contribution in [0.25, 0.3) is 0 Å². The Balaban J connectivity index is 1.67. The van der Waals surface area contributed by atoms with Gasteiger partial charge < -0.3 is 15.1 Å². The van der Waals surface area contributed by atoms with Gasteiger partial charge >= 0.3 is 0 Å². The molecule has 3 rings (SSSR count). The third kappa shape index (κ3) is 3.98. The van der Waals surface area contributed by atoms with Gasteiger partial charge in [0.05, 0.1) is 24.6 Å². The first-order chi connectivity index (χ1) is 12.1. The molecule has 0 saturated carbocycles. The molecule has 1 fully saturated rings. The van der Waals surface area contributed by atoms with E-state index in [0.717, 1.165) is 30.3 Å². The zero-order valence-electron chi connectivity index (χ0n) is 14.9. The first kappa shape index (κ1) is 17.0. The summed E-state index contributed by atoms with van der Waals surface area (Å²) in [4.78, 5) is 21.0. The Morgan fingerprint density at radius 2 is 1.96 bits per heavy atom. The minimum atomic E-state index is 0.0474. The van der Waals surface area contributed by atoms with Crippen LogP contribution in [-0.4, -0.2) is 62.5 Å². The molecule has 2 aromatic rings. The van der Waals surface area contributed by atoms with Crippen LogP contribution in [0.5, 0.6) is 0 Å². The number of anilines is 1. The highest BCUT2D eigenvalue weighted by molar-refractivity contribution is 5.98. The summed E-state index contributed by atoms with van der Waals surface area (Å²) < 4.78 is 3.46. The van der Waals surface area contributed by atoms with E-state index in [1.165, 1.54) is 0 Å². The molecule has 1 aliphatic heterocycles. The fourth-order valence-corrected chi connectivity index (χ4v) is 2.82. The third-order valence-corrected chi connectivity index (χ3v) is 4.03. The molecule has 1 N–H and O–H groups in total. The summed E-state index contributed by atoms with van der Waals surface area (Å²) in [5.41, 5.74) is 1.88. The minimum Gasteiger partial charge on any atom is -0.356 e. The van der Waals surface area contributed by atoms with Crippen molar-refractivity contribution in [2.45, 2.75) is 13.5 Å². The Morgan fingerprint density at radius 1 is 1.20 bits per heavy atom. The number of carbonyl (C=O) groups excluding carboxylic acids is 1. The molecule has 0 unspecified atom stereocenters. The number of carbonyl (C=O) groups is 1. The molecule has 9 nitrogen and oxygen atoms in total. The molecule has 9 heteroatoms. The Morgan fingerprint density at radius 3 is 2.56 bits per heavy atom. The molecule has 0 aromatic carbocycles. The van der Waals surface area contributed by atoms with Crippen molar-refractivity contribution < 1.29 is 4.79 Å². The van der Waals surface area contributed by atoms with E-state index in [-0.39, 0.29) is 5.91 Å². The molecule has 134 valence electrons. The number of aryl methyl sites for hydroxylation is 2. The lowest BCUT2D eigenvalue weighted by molar-refractivity contribution is -0.120. The molecular weight excluding hydrogens is 320 g/mol. The van der Waals surface area contributed by atoms with Crippen molar-refractivity contribution in [1.29, 1.82) is 0 Å². The molecule has 0 spiro atoms. The highest BCUT2D eigenvalue weighted by atomic mass is 16.2. The number of nitrogens with one attached hydrogen (secondary N) is 1. The maximum Gasteiger partial charge on any atom is 0.246 e. The molecule has 0 bridgehead atoms. The predicted molar refractivity (Wildman–Crippen MR) is 95.2 cm³/mol. The largest absolute Gasteiger partial charge is 0.356 e. The van der Waals surface area contributed by atoms with E-state index in [0.29, 0.717) is 19.6 Å². The monoisotopic (exact) mass is 344 g/mol. The second-order valence-electron chi connectivity index (χ2n) is 6.03. The van der Waals surface area contributed by atoms with Crippen LogP contribution in [0.1, 0.15) is 12.5 Å². The minimum absolute atomic E-state index is 0.0474. The number of piperazine rings is 1. The van der Waals surface area contributed by atoms with Crippen LogP contribution in [0.3, 0.4) is 0 Å². The van der Waals surface area contributed by atoms with Gasteiger partial charge in [-0.2, -0.15) is 10.2 Å². The topological polar surface area (TPSA) is 83.6 Å². The SMILES string of the molecule is CCNC(=NCc1cnn(C)c1)N1CCN(c2cnn(C)c2)C(=O)C1. The lowest BCUT2D eigenvalue weighted by atomic mass is 10.3. The van der Waals surface area contributed by atoms with Crippen molar-refractivity contribution in [3.8, 4) is 0 Å². The van der Waals surface area contributed by atoms with Crippen molar-refractivity contribution >= 4 is 17.6 Å². The maximum atomic E-state index is 12.6. The molecular formula is C16H24N8O. The average Bonchev–Trinajstić information content (AvgIpc) is 3.19. The van der Waals surface area contributed by atoms with Crippen LogP contribution in [-0.2, 0) is 25.4 Å². The Hall–Kier alpha value is -2.84. The maximum absolute atomic E-state index is 12.6. The zero-order chi connectivity index (χ0) is 17.8. The number of nitrogens with zero attached hydrogens (tertiary/aromatic N) is 7. The molecule has 0 atom stereocenters. The van der Waals surface area contributed by atoms with Crippen LogP contribution in [0, 0.1) is 0 Å². The van der Waals surface area contributed by atoms with E-state index in [1.54, 1.807) is 26.7 Å². The summed E-state index contributed by atoms with van der Waals surface area (Å²) in [7, 11) is 3.73. The highest BCUT2D eigenvalue weighted by Crippen LogP contribution is 2.16. The van der Waals surface area contributed by atoms with E-state index in [4.69, 9.17) is 0 Å². The Kier molecular flexibility index (Phi) is 5.01. The summed E-state index contributed by atoms with van der Waals surface area (Å²) in [6, 6.07) is 0. The fraction of sp³-hybridized carbons (Fsp3) is 0.500. The third-order valence-electron chi connectivity index (χ3n) is 4.03. The normalized spacial score (nSPS) is 15.8. The van der Waals surface area contributed by atoms with E-state index >= 15 is 0 Å². The fourth-order valence-electron chi connectivity index (χ4n) is 2.82. The number of guanidine groups is 1. The second kappa shape index (κ2) is 7.37. The smallest absolute Gasteiger partial charge is 0.246 e. The number of hydrogen-bond acceptors (Lipinski definition) is 4. The molecule has 1 amide bonds. The highest BCUT2D eigenvalue weighted by Gasteiger charge is 2.27. The standard InChI is InChI=1S/C16H24N8O/c1-4-17-16(18-7-13-8-19-21(2)10-13)23-5-6-24(15(25)12-23)14-9-20-22(3)11-14/h8-11H,4-7,12H2,1-3H3,(H,17,18). The lowest BCUT2D eigenvalue weighted by Crippen LogP contribution is -2.55. The summed E-state index contributed by atoms with van der Waals surface area (Å²) in [6.07, 6.45) is 7.32. The van der Waals surface area contributed by atoms with Gasteiger partial charge in [0.1, 0.15) is 6.54 Å². The summed E-state index contributed by atoms with van der Waals surface area (Å²) in [5.74, 6) is 0.803. The van der Waals surface area contributed by atoms with E-state index in [2.05, 4.69) is 20.5 Å². The van der Waals surface area contributed by atoms with Crippen LogP contribution < -0.4 is 10.2 Å². The number of rotatable bonds is 4. The molecule has 0 radical (unpaired) electrons. The van der Waals surface area contributed by atoms with Gasteiger partial charge in [0, 0.05) is 51.7 Å². The van der Waals surface area contributed by atoms with Crippen LogP contribution in [0.2, 0.25) is 0 Å². The zero-order valence-corrected chi connectivity index (χ0v) is 14.9. The van der Waals surface area contributed by atoms with Crippen molar-refractivity contribution in [3.05, 3.63) is 30.4 Å². The van der Waals surface area contributed by atoms with Crippen molar-refractivity contribution in [3.63, 3.8) is 0 Å². The van der Waals surface area contributed by atoms with Gasteiger partial charge in [0.15, 0.2) is 5.96 Å². The number of aromatic nitrogens is 4. The predicted octanol–water partition coefficient (Wildman–Crippen LogP) is -0.0321. The molecule has 2 aromatic heterocycles. The average molecular weight is 344 g/mol. The first-order valence-corrected chi connectivity index (χ1v) is 8.36. The van der Waals surface area contributed by atoms with Gasteiger partial charge in [0.25, 0.3) is 0 Å². The van der Waals surface area contributed by atoms with E-state index in [9.17, 15) is 4.79 Å². The van der Waals surface area contributed by atoms with Gasteiger partial charge in [0.2, 0.25) is 5.91 Å². The van der Waals surface area contributed by atoms with Gasteiger partial charge in [-0.3, -0.25) is 14.2 Å². The number of aliphatic imine (C=N–C) groups is 1. The van der Waals surface area contributed by atoms with E-state index in [1.807, 2.05) is 38.3 Å². The molecule has 1 saturated heterocycles. The molecule has 0 aliphatic carbocycles. The molecule has 1 aliphatic rings. The quantitative estimate of drug-likeness (QED) is 0.622. The van der Waals surface area contributed by atoms with E-state index < -0.39 is 0 Å². The van der Waals surface area contributed by atoms with Gasteiger partial charge in [-0.25, -0.2) is 4.99 Å². The number of amides is 1. The summed E-state index contributed by atoms with van der Waals surface area (Å²) in [6.45, 7) is 4.94. The Bertz CT molecular complexity index is 762. The first-order valence-electron chi connectivity index (χ1n) is 8.36. The van der Waals surface area contributed by atoms with Crippen molar-refractivity contribution in [2.24, 2.45) is 19.1 Å². The second-order valence-corrected chi connectivity index (χ2v) is 6.03. The Labute approximate surface area is 146 Å². The van der Waals surface area contributed by atoms with Gasteiger partial charge in [-0.15, -0.1) is 0 Å². The molecule has 3 heterocycles. The van der Waals surface area contributed by atoms with Gasteiger partial charge in [-0.1, -0.05) is 0 Å². The van der Waals surface area contributed by atoms with Gasteiger partial charge in [-0.05, 0) is 6.92 Å². The summed E-state index contributed by atoms with van der Waals surface area (Å²) >= 11 is 0. The lowest BCUT2D eigenvalue weighted by Gasteiger charge is -2.35. The van der Waals surface area contributed by atoms with Crippen LogP contribution in [0.4, 0.5) is 5.69 Å². The van der Waals surface area contributed by atoms with Crippen molar-refractivity contribution in [2.75, 3.05) is 31.1 Å². The van der Waals surface area contributed by atoms with Crippen molar-refractivity contribution in [1.82, 2.24) is 29.8 Å². The summed E-state index contributed by atoms with van der Waals surface area (Å²) in [5, 5.41) is 11.6. The molecule has 25 heavy (non-hydrogen) atoms. The number of hydrogen-bond donors (Lipinski definition) is 1. The van der Waals surface area contributed by atoms with Crippen LogP contribution in [0.15, 0.2) is 29.8 Å².